The lowest BCUT2D eigenvalue weighted by molar-refractivity contribution is 0.0601. The van der Waals surface area contributed by atoms with Crippen LogP contribution >= 0.6 is 23.6 Å². The molecule has 122 valence electrons. The number of pyridine rings is 1. The number of thiocarbonyl (C=S) groups is 1. The molecule has 7 heteroatoms. The Kier molecular flexibility index (Phi) is 6.06. The van der Waals surface area contributed by atoms with Crippen LogP contribution in [0.15, 0.2) is 24.5 Å². The molecule has 2 aromatic rings. The molecule has 0 saturated carbocycles. The van der Waals surface area contributed by atoms with Crippen molar-refractivity contribution >= 4 is 39.6 Å². The maximum atomic E-state index is 12.1. The monoisotopic (exact) mass is 349 g/mol. The second-order valence-corrected chi connectivity index (χ2v) is 6.49. The summed E-state index contributed by atoms with van der Waals surface area (Å²) in [6.07, 6.45) is 4.27. The van der Waals surface area contributed by atoms with Gasteiger partial charge >= 0.3 is 5.97 Å². The van der Waals surface area contributed by atoms with Crippen molar-refractivity contribution in [3.05, 3.63) is 46.1 Å². The summed E-state index contributed by atoms with van der Waals surface area (Å²) in [5.41, 5.74) is 2.60. The molecule has 2 heterocycles. The Morgan fingerprint density at radius 1 is 1.48 bits per heavy atom. The molecule has 0 fully saturated rings. The summed E-state index contributed by atoms with van der Waals surface area (Å²) in [5, 5.41) is 7.40. The molecule has 0 radical (unpaired) electrons. The van der Waals surface area contributed by atoms with Crippen LogP contribution in [0.25, 0.3) is 0 Å². The summed E-state index contributed by atoms with van der Waals surface area (Å²) >= 11 is 6.83. The van der Waals surface area contributed by atoms with Gasteiger partial charge in [-0.15, -0.1) is 11.3 Å². The van der Waals surface area contributed by atoms with Gasteiger partial charge < -0.3 is 15.4 Å². The molecule has 23 heavy (non-hydrogen) atoms. The number of methoxy groups -OCH3 is 1. The molecule has 0 aromatic carbocycles. The predicted octanol–water partition coefficient (Wildman–Crippen LogP) is 3.29. The zero-order valence-electron chi connectivity index (χ0n) is 13.3. The minimum absolute atomic E-state index is 0.344. The zero-order valence-corrected chi connectivity index (χ0v) is 14.9. The van der Waals surface area contributed by atoms with Gasteiger partial charge in [-0.05, 0) is 42.8 Å². The number of aryl methyl sites for hydroxylation is 1. The van der Waals surface area contributed by atoms with E-state index in [9.17, 15) is 4.79 Å². The predicted molar refractivity (Wildman–Crippen MR) is 97.1 cm³/mol. The molecule has 0 aliphatic rings. The Hall–Kier alpha value is -1.99. The highest BCUT2D eigenvalue weighted by Gasteiger charge is 2.22. The number of hydrogen-bond acceptors (Lipinski definition) is 5. The minimum Gasteiger partial charge on any atom is -0.465 e. The number of ether oxygens (including phenoxy) is 1. The van der Waals surface area contributed by atoms with Crippen LogP contribution in [0.2, 0.25) is 0 Å². The standard InChI is InChI=1S/C16H19N3O2S2/c1-4-12-10(2)23-14(13(12)15(20)21-3)19-16(22)18-9-11-6-5-7-17-8-11/h5-8H,4,9H2,1-3H3,(H2,18,19,22). The maximum absolute atomic E-state index is 12.1. The van der Waals surface area contributed by atoms with Crippen LogP contribution < -0.4 is 10.6 Å². The largest absolute Gasteiger partial charge is 0.465 e. The molecule has 0 saturated heterocycles. The Morgan fingerprint density at radius 2 is 2.26 bits per heavy atom. The van der Waals surface area contributed by atoms with Crippen LogP contribution in [-0.4, -0.2) is 23.2 Å². The molecule has 0 atom stereocenters. The first-order valence-electron chi connectivity index (χ1n) is 7.21. The van der Waals surface area contributed by atoms with Crippen LogP contribution in [0, 0.1) is 6.92 Å². The van der Waals surface area contributed by atoms with Crippen molar-refractivity contribution in [2.24, 2.45) is 0 Å². The fraction of sp³-hybridized carbons (Fsp3) is 0.312. The van der Waals surface area contributed by atoms with Gasteiger partial charge in [0.25, 0.3) is 0 Å². The van der Waals surface area contributed by atoms with Crippen molar-refractivity contribution < 1.29 is 9.53 Å². The van der Waals surface area contributed by atoms with Crippen molar-refractivity contribution in [1.29, 1.82) is 0 Å². The van der Waals surface area contributed by atoms with Gasteiger partial charge in [0.1, 0.15) is 5.00 Å². The molecule has 2 aromatic heterocycles. The number of thiophene rings is 1. The van der Waals surface area contributed by atoms with Crippen LogP contribution in [0.4, 0.5) is 5.00 Å². The second-order valence-electron chi connectivity index (χ2n) is 4.86. The lowest BCUT2D eigenvalue weighted by atomic mass is 10.1. The molecule has 0 aliphatic heterocycles. The fourth-order valence-electron chi connectivity index (χ4n) is 2.24. The molecule has 5 nitrogen and oxygen atoms in total. The molecule has 0 spiro atoms. The third-order valence-electron chi connectivity index (χ3n) is 3.35. The molecule has 0 amide bonds. The van der Waals surface area contributed by atoms with E-state index < -0.39 is 0 Å². The normalized spacial score (nSPS) is 10.2. The van der Waals surface area contributed by atoms with E-state index in [-0.39, 0.29) is 5.97 Å². The number of hydrogen-bond donors (Lipinski definition) is 2. The second kappa shape index (κ2) is 8.03. The Labute approximate surface area is 145 Å². The zero-order chi connectivity index (χ0) is 16.8. The van der Waals surface area contributed by atoms with Gasteiger partial charge in [-0.1, -0.05) is 13.0 Å². The maximum Gasteiger partial charge on any atom is 0.341 e. The van der Waals surface area contributed by atoms with E-state index in [0.717, 1.165) is 27.4 Å². The van der Waals surface area contributed by atoms with Crippen molar-refractivity contribution in [3.8, 4) is 0 Å². The van der Waals surface area contributed by atoms with E-state index in [1.54, 1.807) is 12.4 Å². The third kappa shape index (κ3) is 4.27. The number of carbonyl (C=O) groups is 1. The van der Waals surface area contributed by atoms with Crippen LogP contribution in [0.3, 0.4) is 0 Å². The Bertz CT molecular complexity index is 699. The summed E-state index contributed by atoms with van der Waals surface area (Å²) in [4.78, 5) is 17.2. The molecular weight excluding hydrogens is 330 g/mol. The first-order chi connectivity index (χ1) is 11.1. The number of nitrogens with one attached hydrogen (secondary N) is 2. The van der Waals surface area contributed by atoms with Gasteiger partial charge in [0.05, 0.1) is 12.7 Å². The molecule has 0 bridgehead atoms. The number of nitrogens with zero attached hydrogens (tertiary/aromatic N) is 1. The SMILES string of the molecule is CCc1c(C)sc(NC(=S)NCc2cccnc2)c1C(=O)OC. The minimum atomic E-state index is -0.344. The molecule has 0 aliphatic carbocycles. The highest BCUT2D eigenvalue weighted by atomic mass is 32.1. The lowest BCUT2D eigenvalue weighted by Crippen LogP contribution is -2.28. The average molecular weight is 349 g/mol. The van der Waals surface area contributed by atoms with Gasteiger partial charge in [-0.3, -0.25) is 4.98 Å². The van der Waals surface area contributed by atoms with E-state index in [4.69, 9.17) is 17.0 Å². The van der Waals surface area contributed by atoms with Crippen molar-refractivity contribution in [2.45, 2.75) is 26.8 Å². The summed E-state index contributed by atoms with van der Waals surface area (Å²) in [5.74, 6) is -0.344. The number of anilines is 1. The number of esters is 1. The van der Waals surface area contributed by atoms with Gasteiger partial charge in [-0.2, -0.15) is 0 Å². The highest BCUT2D eigenvalue weighted by molar-refractivity contribution is 7.80. The number of carbonyl (C=O) groups excluding carboxylic acids is 1. The van der Waals surface area contributed by atoms with E-state index in [2.05, 4.69) is 15.6 Å². The van der Waals surface area contributed by atoms with Crippen molar-refractivity contribution in [3.63, 3.8) is 0 Å². The summed E-state index contributed by atoms with van der Waals surface area (Å²) in [6, 6.07) is 3.84. The van der Waals surface area contributed by atoms with Crippen LogP contribution in [-0.2, 0) is 17.7 Å². The van der Waals surface area contributed by atoms with E-state index in [1.807, 2.05) is 26.0 Å². The quantitative estimate of drug-likeness (QED) is 0.638. The van der Waals surface area contributed by atoms with Gasteiger partial charge in [0.2, 0.25) is 0 Å². The number of aromatic nitrogens is 1. The first-order valence-corrected chi connectivity index (χ1v) is 8.43. The van der Waals surface area contributed by atoms with Crippen molar-refractivity contribution in [1.82, 2.24) is 10.3 Å². The van der Waals surface area contributed by atoms with Crippen LogP contribution in [0.1, 0.15) is 33.3 Å². The van der Waals surface area contributed by atoms with Gasteiger partial charge in [-0.25, -0.2) is 4.79 Å². The summed E-state index contributed by atoms with van der Waals surface area (Å²) in [7, 11) is 1.39. The lowest BCUT2D eigenvalue weighted by Gasteiger charge is -2.11. The first kappa shape index (κ1) is 17.4. The third-order valence-corrected chi connectivity index (χ3v) is 4.66. The Morgan fingerprint density at radius 3 is 2.87 bits per heavy atom. The van der Waals surface area contributed by atoms with E-state index in [1.165, 1.54) is 18.4 Å². The topological polar surface area (TPSA) is 63.2 Å². The fourth-order valence-corrected chi connectivity index (χ4v) is 3.62. The highest BCUT2D eigenvalue weighted by Crippen LogP contribution is 2.33. The molecule has 2 rings (SSSR count). The van der Waals surface area contributed by atoms with Gasteiger partial charge in [0.15, 0.2) is 5.11 Å². The molecular formula is C16H19N3O2S2. The van der Waals surface area contributed by atoms with Gasteiger partial charge in [0, 0.05) is 23.8 Å². The van der Waals surface area contributed by atoms with E-state index in [0.29, 0.717) is 17.2 Å². The van der Waals surface area contributed by atoms with Crippen molar-refractivity contribution in [2.75, 3.05) is 12.4 Å². The number of rotatable bonds is 5. The molecule has 2 N–H and O–H groups in total. The molecule has 0 unspecified atom stereocenters. The Balaban J connectivity index is 2.10. The van der Waals surface area contributed by atoms with Crippen LogP contribution in [0.5, 0.6) is 0 Å². The summed E-state index contributed by atoms with van der Waals surface area (Å²) < 4.78 is 4.90. The van der Waals surface area contributed by atoms with E-state index >= 15 is 0 Å². The summed E-state index contributed by atoms with van der Waals surface area (Å²) in [6.45, 7) is 4.58. The smallest absolute Gasteiger partial charge is 0.341 e. The average Bonchev–Trinajstić information content (AvgIpc) is 2.88.